The molecule has 0 aliphatic heterocycles. The lowest BCUT2D eigenvalue weighted by molar-refractivity contribution is -0.124. The van der Waals surface area contributed by atoms with Gasteiger partial charge in [-0.05, 0) is 49.6 Å². The van der Waals surface area contributed by atoms with Crippen LogP contribution in [-0.2, 0) is 21.4 Å². The van der Waals surface area contributed by atoms with Crippen LogP contribution in [0.4, 0.5) is 0 Å². The van der Waals surface area contributed by atoms with Crippen LogP contribution in [0, 0.1) is 0 Å². The molecule has 1 saturated carbocycles. The molecule has 3 aromatic rings. The molecule has 152 valence electrons. The Labute approximate surface area is 167 Å². The van der Waals surface area contributed by atoms with E-state index >= 15 is 0 Å². The van der Waals surface area contributed by atoms with Crippen molar-refractivity contribution >= 4 is 27.0 Å². The molecule has 0 bridgehead atoms. The first-order chi connectivity index (χ1) is 13.8. The van der Waals surface area contributed by atoms with Crippen LogP contribution in [-0.4, -0.2) is 24.9 Å². The molecule has 0 spiro atoms. The summed E-state index contributed by atoms with van der Waals surface area (Å²) in [5.74, 6) is -0.933. The molecule has 1 aliphatic rings. The molecule has 8 nitrogen and oxygen atoms in total. The maximum atomic E-state index is 12.5. The van der Waals surface area contributed by atoms with E-state index in [1.807, 2.05) is 0 Å². The highest BCUT2D eigenvalue weighted by Gasteiger charge is 2.28. The SMILES string of the molecule is CC(C(=O)NCc1ccc(S(=O)(=O)NC2CC2)cc1)n1c(=O)oc2ccccc21. The summed E-state index contributed by atoms with van der Waals surface area (Å²) in [6.07, 6.45) is 1.74. The van der Waals surface area contributed by atoms with Gasteiger partial charge in [-0.1, -0.05) is 24.3 Å². The van der Waals surface area contributed by atoms with Gasteiger partial charge in [0.1, 0.15) is 6.04 Å². The van der Waals surface area contributed by atoms with E-state index in [2.05, 4.69) is 10.0 Å². The van der Waals surface area contributed by atoms with Crippen molar-refractivity contribution < 1.29 is 17.6 Å². The Balaban J connectivity index is 1.42. The van der Waals surface area contributed by atoms with Crippen LogP contribution in [0.5, 0.6) is 0 Å². The molecule has 0 saturated heterocycles. The molecule has 1 heterocycles. The summed E-state index contributed by atoms with van der Waals surface area (Å²) < 4.78 is 33.5. The quantitative estimate of drug-likeness (QED) is 0.612. The van der Waals surface area contributed by atoms with E-state index in [1.165, 1.54) is 16.7 Å². The number of carbonyl (C=O) groups excluding carboxylic acids is 1. The zero-order valence-corrected chi connectivity index (χ0v) is 16.6. The monoisotopic (exact) mass is 415 g/mol. The maximum Gasteiger partial charge on any atom is 0.420 e. The van der Waals surface area contributed by atoms with Crippen LogP contribution < -0.4 is 15.8 Å². The predicted octanol–water partition coefficient (Wildman–Crippen LogP) is 1.91. The predicted molar refractivity (Wildman–Crippen MR) is 107 cm³/mol. The van der Waals surface area contributed by atoms with Gasteiger partial charge in [-0.15, -0.1) is 0 Å². The van der Waals surface area contributed by atoms with Crippen molar-refractivity contribution in [2.24, 2.45) is 0 Å². The number of carbonyl (C=O) groups is 1. The third-order valence-corrected chi connectivity index (χ3v) is 6.42. The number of benzene rings is 2. The largest absolute Gasteiger partial charge is 0.420 e. The Kier molecular flexibility index (Phi) is 5.01. The normalized spacial score (nSPS) is 15.3. The fraction of sp³-hybridized carbons (Fsp3) is 0.300. The van der Waals surface area contributed by atoms with Gasteiger partial charge in [0.15, 0.2) is 5.58 Å². The molecule has 1 fully saturated rings. The highest BCUT2D eigenvalue weighted by Crippen LogP contribution is 2.22. The Morgan fingerprint density at radius 2 is 1.86 bits per heavy atom. The smallest absolute Gasteiger partial charge is 0.408 e. The minimum atomic E-state index is -3.50. The Morgan fingerprint density at radius 1 is 1.17 bits per heavy atom. The van der Waals surface area contributed by atoms with Gasteiger partial charge in [-0.25, -0.2) is 17.9 Å². The Hall–Kier alpha value is -2.91. The number of rotatable bonds is 7. The Bertz CT molecular complexity index is 1210. The van der Waals surface area contributed by atoms with Gasteiger partial charge in [-0.2, -0.15) is 0 Å². The number of fused-ring (bicyclic) bond motifs is 1. The van der Waals surface area contributed by atoms with Gasteiger partial charge in [0.25, 0.3) is 0 Å². The van der Waals surface area contributed by atoms with Gasteiger partial charge in [-0.3, -0.25) is 9.36 Å². The van der Waals surface area contributed by atoms with Crippen molar-refractivity contribution in [2.45, 2.75) is 43.3 Å². The number of nitrogens with zero attached hydrogens (tertiary/aromatic N) is 1. The number of para-hydroxylation sites is 2. The zero-order chi connectivity index (χ0) is 20.6. The van der Waals surface area contributed by atoms with Crippen molar-refractivity contribution in [3.63, 3.8) is 0 Å². The molecule has 4 rings (SSSR count). The van der Waals surface area contributed by atoms with Crippen LogP contribution >= 0.6 is 0 Å². The van der Waals surface area contributed by atoms with E-state index in [9.17, 15) is 18.0 Å². The van der Waals surface area contributed by atoms with Crippen LogP contribution in [0.15, 0.2) is 62.6 Å². The molecular formula is C20H21N3O5S. The minimum Gasteiger partial charge on any atom is -0.408 e. The van der Waals surface area contributed by atoms with Crippen molar-refractivity contribution in [3.8, 4) is 0 Å². The van der Waals surface area contributed by atoms with Crippen LogP contribution in [0.2, 0.25) is 0 Å². The molecule has 2 aromatic carbocycles. The second kappa shape index (κ2) is 7.49. The van der Waals surface area contributed by atoms with Crippen LogP contribution in [0.3, 0.4) is 0 Å². The summed E-state index contributed by atoms with van der Waals surface area (Å²) in [4.78, 5) is 24.9. The van der Waals surface area contributed by atoms with Crippen molar-refractivity contribution in [1.29, 1.82) is 0 Å². The van der Waals surface area contributed by atoms with Crippen molar-refractivity contribution in [2.75, 3.05) is 0 Å². The van der Waals surface area contributed by atoms with Crippen LogP contribution in [0.1, 0.15) is 31.4 Å². The van der Waals surface area contributed by atoms with Gasteiger partial charge in [0, 0.05) is 12.6 Å². The van der Waals surface area contributed by atoms with Crippen LogP contribution in [0.25, 0.3) is 11.1 Å². The van der Waals surface area contributed by atoms with Gasteiger partial charge in [0.2, 0.25) is 15.9 Å². The molecule has 1 amide bonds. The average Bonchev–Trinajstić information content (AvgIpc) is 3.44. The number of oxazole rings is 1. The summed E-state index contributed by atoms with van der Waals surface area (Å²) in [6.45, 7) is 1.84. The minimum absolute atomic E-state index is 0.0443. The van der Waals surface area contributed by atoms with Crippen molar-refractivity contribution in [1.82, 2.24) is 14.6 Å². The topological polar surface area (TPSA) is 110 Å². The second-order valence-corrected chi connectivity index (χ2v) is 8.85. The molecule has 1 atom stereocenters. The van der Waals surface area contributed by atoms with E-state index in [0.29, 0.717) is 11.1 Å². The molecule has 9 heteroatoms. The number of hydrogen-bond donors (Lipinski definition) is 2. The molecular weight excluding hydrogens is 394 g/mol. The van der Waals surface area contributed by atoms with E-state index in [-0.39, 0.29) is 23.4 Å². The van der Waals surface area contributed by atoms with Gasteiger partial charge in [0.05, 0.1) is 10.4 Å². The third kappa shape index (κ3) is 4.10. The highest BCUT2D eigenvalue weighted by atomic mass is 32.2. The number of amides is 1. The number of nitrogens with one attached hydrogen (secondary N) is 2. The third-order valence-electron chi connectivity index (χ3n) is 4.89. The first kappa shape index (κ1) is 19.4. The summed E-state index contributed by atoms with van der Waals surface area (Å²) >= 11 is 0. The fourth-order valence-electron chi connectivity index (χ4n) is 3.08. The molecule has 1 aromatic heterocycles. The Morgan fingerprint density at radius 3 is 2.55 bits per heavy atom. The second-order valence-electron chi connectivity index (χ2n) is 7.14. The molecule has 1 unspecified atom stereocenters. The van der Waals surface area contributed by atoms with Gasteiger partial charge < -0.3 is 9.73 Å². The molecule has 0 radical (unpaired) electrons. The number of aromatic nitrogens is 1. The van der Waals surface area contributed by atoms with Crippen molar-refractivity contribution in [3.05, 3.63) is 64.6 Å². The first-order valence-electron chi connectivity index (χ1n) is 9.34. The maximum absolute atomic E-state index is 12.5. The fourth-order valence-corrected chi connectivity index (χ4v) is 4.39. The van der Waals surface area contributed by atoms with E-state index < -0.39 is 21.8 Å². The first-order valence-corrected chi connectivity index (χ1v) is 10.8. The highest BCUT2D eigenvalue weighted by molar-refractivity contribution is 7.89. The molecule has 2 N–H and O–H groups in total. The zero-order valence-electron chi connectivity index (χ0n) is 15.8. The van der Waals surface area contributed by atoms with E-state index in [4.69, 9.17) is 4.42 Å². The number of sulfonamides is 1. The standard InChI is InChI=1S/C20H21N3O5S/c1-13(23-17-4-2-3-5-18(17)28-20(23)25)19(24)21-12-14-6-10-16(11-7-14)29(26,27)22-15-8-9-15/h2-7,10-11,13,15,22H,8-9,12H2,1H3,(H,21,24). The summed E-state index contributed by atoms with van der Waals surface area (Å²) in [5, 5.41) is 2.77. The lowest BCUT2D eigenvalue weighted by Gasteiger charge is -2.13. The van der Waals surface area contributed by atoms with E-state index in [0.717, 1.165) is 18.4 Å². The number of hydrogen-bond acceptors (Lipinski definition) is 5. The summed E-state index contributed by atoms with van der Waals surface area (Å²) in [6, 6.07) is 12.6. The van der Waals surface area contributed by atoms with E-state index in [1.54, 1.807) is 43.3 Å². The average molecular weight is 415 g/mol. The lowest BCUT2D eigenvalue weighted by atomic mass is 10.2. The molecule has 29 heavy (non-hydrogen) atoms. The van der Waals surface area contributed by atoms with Gasteiger partial charge >= 0.3 is 5.76 Å². The molecule has 1 aliphatic carbocycles. The summed E-state index contributed by atoms with van der Waals surface area (Å²) in [5.41, 5.74) is 1.73. The lowest BCUT2D eigenvalue weighted by Crippen LogP contribution is -2.34. The summed E-state index contributed by atoms with van der Waals surface area (Å²) in [7, 11) is -3.50.